The number of pyridine rings is 1. The van der Waals surface area contributed by atoms with Gasteiger partial charge in [-0.3, -0.25) is 19.4 Å². The molecule has 0 saturated carbocycles. The van der Waals surface area contributed by atoms with Gasteiger partial charge in [-0.15, -0.1) is 0 Å². The van der Waals surface area contributed by atoms with Crippen LogP contribution in [0.25, 0.3) is 39.1 Å². The average Bonchev–Trinajstić information content (AvgIpc) is 3.61. The molecule has 2 N–H and O–H groups in total. The van der Waals surface area contributed by atoms with Gasteiger partial charge < -0.3 is 14.4 Å². The van der Waals surface area contributed by atoms with Crippen LogP contribution in [-0.4, -0.2) is 59.6 Å². The number of carbonyl (C=O) groups is 1. The molecule has 4 aromatic heterocycles. The molecule has 2 amide bonds. The molecule has 1 aromatic carbocycles. The maximum absolute atomic E-state index is 14.2. The number of H-pyrrole nitrogens is 2. The zero-order chi connectivity index (χ0) is 27.6. The third-order valence-corrected chi connectivity index (χ3v) is 7.97. The molecule has 1 fully saturated rings. The summed E-state index contributed by atoms with van der Waals surface area (Å²) in [6.45, 7) is 2.11. The van der Waals surface area contributed by atoms with Crippen molar-refractivity contribution in [3.8, 4) is 22.5 Å². The van der Waals surface area contributed by atoms with Gasteiger partial charge in [0.05, 0.1) is 34.2 Å². The third-order valence-electron chi connectivity index (χ3n) is 7.97. The number of nitrogens with zero attached hydrogens (tertiary/aromatic N) is 5. The minimum atomic E-state index is -4.60. The van der Waals surface area contributed by atoms with Crippen molar-refractivity contribution >= 4 is 22.6 Å². The first-order chi connectivity index (χ1) is 19.3. The lowest BCUT2D eigenvalue weighted by Crippen LogP contribution is -2.45. The maximum atomic E-state index is 14.2. The number of alkyl halides is 3. The van der Waals surface area contributed by atoms with Crippen LogP contribution in [0.1, 0.15) is 30.4 Å². The Morgan fingerprint density at radius 2 is 1.80 bits per heavy atom. The predicted octanol–water partition coefficient (Wildman–Crippen LogP) is 5.08. The van der Waals surface area contributed by atoms with E-state index < -0.39 is 17.3 Å². The molecule has 0 atom stereocenters. The van der Waals surface area contributed by atoms with Crippen molar-refractivity contribution in [3.63, 3.8) is 0 Å². The van der Waals surface area contributed by atoms with Gasteiger partial charge in [0.15, 0.2) is 0 Å². The smallest absolute Gasteiger partial charge is 0.345 e. The first kappa shape index (κ1) is 24.6. The van der Waals surface area contributed by atoms with Crippen molar-refractivity contribution in [1.82, 2.24) is 33.9 Å². The zero-order valence-corrected chi connectivity index (χ0v) is 21.5. The van der Waals surface area contributed by atoms with Crippen LogP contribution in [-0.2, 0) is 19.3 Å². The van der Waals surface area contributed by atoms with Gasteiger partial charge >= 0.3 is 12.2 Å². The van der Waals surface area contributed by atoms with Gasteiger partial charge in [0.1, 0.15) is 5.65 Å². The number of fused-ring (bicyclic) bond motifs is 1. The van der Waals surface area contributed by atoms with Crippen LogP contribution in [0.2, 0.25) is 0 Å². The normalized spacial score (nSPS) is 16.2. The summed E-state index contributed by atoms with van der Waals surface area (Å²) in [5.74, 6) is 0. The number of carbonyl (C=O) groups excluding carboxylic acids is 1. The Labute approximate surface area is 225 Å². The van der Waals surface area contributed by atoms with Gasteiger partial charge in [0.2, 0.25) is 0 Å². The van der Waals surface area contributed by atoms with Crippen molar-refractivity contribution in [2.24, 2.45) is 0 Å². The molecule has 0 spiro atoms. The number of benzene rings is 1. The number of urea groups is 1. The average molecular weight is 550 g/mol. The minimum absolute atomic E-state index is 0.0584. The maximum Gasteiger partial charge on any atom is 0.416 e. The second-order valence-electron chi connectivity index (χ2n) is 10.4. The molecule has 2 aliphatic heterocycles. The molecular formula is C28H26F3N7O2. The summed E-state index contributed by atoms with van der Waals surface area (Å²) >= 11 is 0. The number of hydrogen-bond donors (Lipinski definition) is 2. The Balaban J connectivity index is 1.40. The van der Waals surface area contributed by atoms with E-state index in [4.69, 9.17) is 0 Å². The topological polar surface area (TPSA) is 94.4 Å². The summed E-state index contributed by atoms with van der Waals surface area (Å²) in [6, 6.07) is 7.60. The molecule has 5 aromatic rings. The number of piperidine rings is 1. The number of imidazole rings is 1. The van der Waals surface area contributed by atoms with Crippen LogP contribution >= 0.6 is 0 Å². The van der Waals surface area contributed by atoms with E-state index in [0.29, 0.717) is 65.2 Å². The fourth-order valence-corrected chi connectivity index (χ4v) is 6.07. The lowest BCUT2D eigenvalue weighted by molar-refractivity contribution is -0.137. The van der Waals surface area contributed by atoms with Gasteiger partial charge in [0.25, 0.3) is 5.56 Å². The van der Waals surface area contributed by atoms with Crippen LogP contribution in [0, 0.1) is 0 Å². The van der Waals surface area contributed by atoms with Gasteiger partial charge in [-0.2, -0.15) is 13.2 Å². The second kappa shape index (κ2) is 9.04. The number of likely N-dealkylation sites (tertiary alicyclic amines) is 1. The molecule has 12 heteroatoms. The van der Waals surface area contributed by atoms with E-state index in [2.05, 4.69) is 15.2 Å². The molecule has 0 radical (unpaired) electrons. The van der Waals surface area contributed by atoms with Gasteiger partial charge in [0, 0.05) is 56.1 Å². The molecule has 9 nitrogen and oxygen atoms in total. The number of hydrogen-bond acceptors (Lipinski definition) is 3. The van der Waals surface area contributed by atoms with Crippen molar-refractivity contribution in [1.29, 1.82) is 0 Å². The lowest BCUT2D eigenvalue weighted by Gasteiger charge is -2.32. The highest BCUT2D eigenvalue weighted by atomic mass is 19.4. The number of nitrogens with one attached hydrogen (secondary N) is 2. The zero-order valence-electron chi connectivity index (χ0n) is 21.5. The molecule has 7 rings (SSSR count). The van der Waals surface area contributed by atoms with Crippen molar-refractivity contribution in [2.45, 2.75) is 38.5 Å². The van der Waals surface area contributed by atoms with Crippen molar-refractivity contribution in [3.05, 3.63) is 70.4 Å². The number of rotatable bonds is 2. The second-order valence-corrected chi connectivity index (χ2v) is 10.4. The molecule has 0 unspecified atom stereocenters. The van der Waals surface area contributed by atoms with E-state index in [1.165, 1.54) is 0 Å². The van der Waals surface area contributed by atoms with E-state index in [1.54, 1.807) is 22.2 Å². The lowest BCUT2D eigenvalue weighted by atomic mass is 9.99. The summed E-state index contributed by atoms with van der Waals surface area (Å²) in [5, 5.41) is 5.85. The SMILES string of the molecule is O=C(N1CCCCC1)N1CCn2cc(-c3c(-c4cnc5ccccn45)[nH][nH]c3=O)c3cc(C(F)(F)F)cc(c32)C1. The molecule has 40 heavy (non-hydrogen) atoms. The van der Waals surface area contributed by atoms with E-state index in [1.807, 2.05) is 33.4 Å². The van der Waals surface area contributed by atoms with Crippen LogP contribution in [0.15, 0.2) is 53.7 Å². The third kappa shape index (κ3) is 3.89. The molecule has 2 aliphatic rings. The first-order valence-corrected chi connectivity index (χ1v) is 13.3. The standard InChI is InChI=1S/C28H26F3N7O2/c29-28(30,31)18-12-17-15-37(27(40)35-7-3-1-4-8-35)11-10-36-16-20(19(13-18)25(17)36)23-24(33-34-26(23)39)21-14-32-22-6-2-5-9-38(21)22/h2,5-6,9,12-14,16H,1,3-4,7-8,10-11,15H2,(H2,33,34,39). The molecule has 0 bridgehead atoms. The Kier molecular flexibility index (Phi) is 5.55. The van der Waals surface area contributed by atoms with Gasteiger partial charge in [-0.05, 0) is 49.1 Å². The Bertz CT molecular complexity index is 1820. The number of halogens is 3. The van der Waals surface area contributed by atoms with Crippen LogP contribution in [0.5, 0.6) is 0 Å². The molecule has 206 valence electrons. The van der Waals surface area contributed by atoms with Crippen LogP contribution in [0.4, 0.5) is 18.0 Å². The number of aromatic amines is 2. The van der Waals surface area contributed by atoms with Gasteiger partial charge in [-0.25, -0.2) is 9.78 Å². The fraction of sp³-hybridized carbons (Fsp3) is 0.321. The summed E-state index contributed by atoms with van der Waals surface area (Å²) in [6.07, 6.45) is 3.48. The highest BCUT2D eigenvalue weighted by molar-refractivity contribution is 6.01. The highest BCUT2D eigenvalue weighted by Crippen LogP contribution is 2.41. The Morgan fingerprint density at radius 3 is 2.60 bits per heavy atom. The van der Waals surface area contributed by atoms with Crippen molar-refractivity contribution < 1.29 is 18.0 Å². The van der Waals surface area contributed by atoms with E-state index in [-0.39, 0.29) is 18.1 Å². The minimum Gasteiger partial charge on any atom is -0.345 e. The first-order valence-electron chi connectivity index (χ1n) is 13.3. The van der Waals surface area contributed by atoms with E-state index in [0.717, 1.165) is 31.4 Å². The largest absolute Gasteiger partial charge is 0.416 e. The van der Waals surface area contributed by atoms with E-state index >= 15 is 0 Å². The Morgan fingerprint density at radius 1 is 0.975 bits per heavy atom. The van der Waals surface area contributed by atoms with Crippen molar-refractivity contribution in [2.75, 3.05) is 19.6 Å². The van der Waals surface area contributed by atoms with E-state index in [9.17, 15) is 22.8 Å². The Hall–Kier alpha value is -4.48. The molecular weight excluding hydrogens is 523 g/mol. The van der Waals surface area contributed by atoms with Gasteiger partial charge in [-0.1, -0.05) is 6.07 Å². The summed E-state index contributed by atoms with van der Waals surface area (Å²) in [7, 11) is 0. The fourth-order valence-electron chi connectivity index (χ4n) is 6.07. The molecule has 1 saturated heterocycles. The van der Waals surface area contributed by atoms with Crippen LogP contribution < -0.4 is 5.56 Å². The summed E-state index contributed by atoms with van der Waals surface area (Å²) in [5.41, 5.74) is 2.07. The molecule has 0 aliphatic carbocycles. The quantitative estimate of drug-likeness (QED) is 0.322. The number of amides is 2. The highest BCUT2D eigenvalue weighted by Gasteiger charge is 2.35. The number of aromatic nitrogens is 5. The summed E-state index contributed by atoms with van der Waals surface area (Å²) in [4.78, 5) is 34.3. The monoisotopic (exact) mass is 549 g/mol. The predicted molar refractivity (Wildman–Crippen MR) is 143 cm³/mol. The van der Waals surface area contributed by atoms with Crippen LogP contribution in [0.3, 0.4) is 0 Å². The summed E-state index contributed by atoms with van der Waals surface area (Å²) < 4.78 is 46.1. The molecule has 6 heterocycles.